The van der Waals surface area contributed by atoms with E-state index in [4.69, 9.17) is 17.3 Å². The molecule has 0 unspecified atom stereocenters. The molecule has 20 heavy (non-hydrogen) atoms. The van der Waals surface area contributed by atoms with Crippen molar-refractivity contribution in [3.05, 3.63) is 28.8 Å². The van der Waals surface area contributed by atoms with Crippen molar-refractivity contribution in [2.45, 2.75) is 26.4 Å². The number of rotatable bonds is 3. The lowest BCUT2D eigenvalue weighted by Gasteiger charge is -2.36. The van der Waals surface area contributed by atoms with Gasteiger partial charge in [-0.1, -0.05) is 17.7 Å². The Labute approximate surface area is 123 Å². The van der Waals surface area contributed by atoms with Crippen LogP contribution in [-0.4, -0.2) is 40.7 Å². The Kier molecular flexibility index (Phi) is 4.18. The number of hydrogen-bond acceptors (Lipinski definition) is 3. The summed E-state index contributed by atoms with van der Waals surface area (Å²) in [5.41, 5.74) is 7.10. The minimum atomic E-state index is -0.496. The second kappa shape index (κ2) is 5.71. The minimum Gasteiger partial charge on any atom is -0.398 e. The van der Waals surface area contributed by atoms with Crippen molar-refractivity contribution in [2.75, 3.05) is 18.8 Å². The van der Waals surface area contributed by atoms with Crippen LogP contribution < -0.4 is 5.73 Å². The van der Waals surface area contributed by atoms with Gasteiger partial charge in [0.1, 0.15) is 0 Å². The second-order valence-electron chi connectivity index (χ2n) is 5.13. The van der Waals surface area contributed by atoms with Gasteiger partial charge < -0.3 is 15.5 Å². The van der Waals surface area contributed by atoms with Crippen LogP contribution in [0, 0.1) is 0 Å². The molecule has 1 aromatic carbocycles. The van der Waals surface area contributed by atoms with Gasteiger partial charge in [-0.2, -0.15) is 0 Å². The highest BCUT2D eigenvalue weighted by molar-refractivity contribution is 6.35. The third-order valence-corrected chi connectivity index (χ3v) is 3.82. The molecule has 2 N–H and O–H groups in total. The number of halogens is 1. The highest BCUT2D eigenvalue weighted by Gasteiger charge is 2.34. The molecule has 0 atom stereocenters. The first kappa shape index (κ1) is 14.7. The summed E-state index contributed by atoms with van der Waals surface area (Å²) in [5.74, 6) is -0.957. The molecule has 0 spiro atoms. The molecule has 0 saturated carbocycles. The maximum absolute atomic E-state index is 12.1. The molecule has 0 radical (unpaired) electrons. The summed E-state index contributed by atoms with van der Waals surface area (Å²) < 4.78 is 0. The number of hydrogen-bond donors (Lipinski definition) is 1. The van der Waals surface area contributed by atoms with Crippen LogP contribution in [0.15, 0.2) is 18.2 Å². The fourth-order valence-electron chi connectivity index (χ4n) is 2.27. The van der Waals surface area contributed by atoms with Gasteiger partial charge in [-0.25, -0.2) is 0 Å². The number of anilines is 1. The number of benzene rings is 1. The smallest absolute Gasteiger partial charge is 0.312 e. The summed E-state index contributed by atoms with van der Waals surface area (Å²) in [6, 6.07) is 5.24. The van der Waals surface area contributed by atoms with Gasteiger partial charge in [-0.15, -0.1) is 0 Å². The Balaban J connectivity index is 2.16. The van der Waals surface area contributed by atoms with Crippen LogP contribution in [0.25, 0.3) is 0 Å². The van der Waals surface area contributed by atoms with Crippen molar-refractivity contribution < 1.29 is 9.59 Å². The van der Waals surface area contributed by atoms with Crippen molar-refractivity contribution in [2.24, 2.45) is 0 Å². The quantitative estimate of drug-likeness (QED) is 0.679. The van der Waals surface area contributed by atoms with Crippen molar-refractivity contribution >= 4 is 29.1 Å². The molecule has 6 heteroatoms. The third kappa shape index (κ3) is 2.72. The van der Waals surface area contributed by atoms with Gasteiger partial charge in [-0.3, -0.25) is 9.59 Å². The Morgan fingerprint density at radius 2 is 1.95 bits per heavy atom. The van der Waals surface area contributed by atoms with E-state index in [1.165, 1.54) is 4.90 Å². The average molecular weight is 296 g/mol. The number of carbonyl (C=O) groups excluding carboxylic acids is 2. The topological polar surface area (TPSA) is 66.6 Å². The van der Waals surface area contributed by atoms with Crippen LogP contribution in [0.4, 0.5) is 5.69 Å². The number of nitrogen functional groups attached to an aromatic ring is 1. The van der Waals surface area contributed by atoms with Gasteiger partial charge in [0.2, 0.25) is 0 Å². The van der Waals surface area contributed by atoms with E-state index in [2.05, 4.69) is 0 Å². The van der Waals surface area contributed by atoms with Gasteiger partial charge in [0.05, 0.1) is 0 Å². The largest absolute Gasteiger partial charge is 0.398 e. The SMILES string of the molecule is CC(C)N1CCN(Cc2c(N)cccc2Cl)C(=O)C1=O. The Morgan fingerprint density at radius 1 is 1.25 bits per heavy atom. The molecular weight excluding hydrogens is 278 g/mol. The Hall–Kier alpha value is -1.75. The molecule has 1 aliphatic heterocycles. The predicted octanol–water partition coefficient (Wildman–Crippen LogP) is 1.50. The molecule has 1 saturated heterocycles. The van der Waals surface area contributed by atoms with Crippen molar-refractivity contribution in [1.82, 2.24) is 9.80 Å². The number of amides is 2. The molecule has 1 aliphatic rings. The van der Waals surface area contributed by atoms with Gasteiger partial charge in [0.15, 0.2) is 0 Å². The van der Waals surface area contributed by atoms with Crippen LogP contribution in [0.5, 0.6) is 0 Å². The molecule has 2 amide bonds. The summed E-state index contributed by atoms with van der Waals surface area (Å²) >= 11 is 6.10. The maximum atomic E-state index is 12.1. The summed E-state index contributed by atoms with van der Waals surface area (Å²) in [6.07, 6.45) is 0. The number of piperazine rings is 1. The van der Waals surface area contributed by atoms with Crippen molar-refractivity contribution in [3.8, 4) is 0 Å². The molecule has 5 nitrogen and oxygen atoms in total. The van der Waals surface area contributed by atoms with E-state index in [0.717, 1.165) is 0 Å². The molecule has 2 rings (SSSR count). The normalized spacial score (nSPS) is 16.2. The zero-order valence-corrected chi connectivity index (χ0v) is 12.4. The molecule has 0 bridgehead atoms. The number of nitrogens with two attached hydrogens (primary N) is 1. The maximum Gasteiger partial charge on any atom is 0.312 e. The monoisotopic (exact) mass is 295 g/mol. The second-order valence-corrected chi connectivity index (χ2v) is 5.53. The highest BCUT2D eigenvalue weighted by atomic mass is 35.5. The van der Waals surface area contributed by atoms with E-state index in [-0.39, 0.29) is 12.6 Å². The van der Waals surface area contributed by atoms with Crippen LogP contribution in [0.2, 0.25) is 5.02 Å². The summed E-state index contributed by atoms with van der Waals surface area (Å²) in [4.78, 5) is 27.2. The lowest BCUT2D eigenvalue weighted by atomic mass is 10.1. The first-order valence-corrected chi connectivity index (χ1v) is 6.92. The van der Waals surface area contributed by atoms with Gasteiger partial charge >= 0.3 is 11.8 Å². The van der Waals surface area contributed by atoms with Crippen LogP contribution >= 0.6 is 11.6 Å². The lowest BCUT2D eigenvalue weighted by molar-refractivity contribution is -0.157. The molecular formula is C14H18ClN3O2. The van der Waals surface area contributed by atoms with Gasteiger partial charge in [0, 0.05) is 41.9 Å². The fourth-order valence-corrected chi connectivity index (χ4v) is 2.51. The van der Waals surface area contributed by atoms with Crippen LogP contribution in [0.3, 0.4) is 0 Å². The third-order valence-electron chi connectivity index (χ3n) is 3.47. The number of nitrogens with zero attached hydrogens (tertiary/aromatic N) is 2. The molecule has 0 aromatic heterocycles. The van der Waals surface area contributed by atoms with E-state index in [0.29, 0.717) is 29.4 Å². The van der Waals surface area contributed by atoms with Gasteiger partial charge in [0.25, 0.3) is 0 Å². The summed E-state index contributed by atoms with van der Waals surface area (Å²) in [5, 5.41) is 0.511. The van der Waals surface area contributed by atoms with Gasteiger partial charge in [-0.05, 0) is 26.0 Å². The summed E-state index contributed by atoms with van der Waals surface area (Å²) in [7, 11) is 0. The highest BCUT2D eigenvalue weighted by Crippen LogP contribution is 2.24. The first-order valence-electron chi connectivity index (χ1n) is 6.54. The fraction of sp³-hybridized carbons (Fsp3) is 0.429. The Morgan fingerprint density at radius 3 is 2.55 bits per heavy atom. The zero-order chi connectivity index (χ0) is 14.9. The average Bonchev–Trinajstić information content (AvgIpc) is 2.38. The van der Waals surface area contributed by atoms with Crippen LogP contribution in [-0.2, 0) is 16.1 Å². The van der Waals surface area contributed by atoms with E-state index in [9.17, 15) is 9.59 Å². The Bertz CT molecular complexity index is 525. The van der Waals surface area contributed by atoms with E-state index in [1.807, 2.05) is 13.8 Å². The zero-order valence-electron chi connectivity index (χ0n) is 11.6. The van der Waals surface area contributed by atoms with Crippen molar-refractivity contribution in [3.63, 3.8) is 0 Å². The molecule has 1 aromatic rings. The lowest BCUT2D eigenvalue weighted by Crippen LogP contribution is -2.55. The molecule has 1 heterocycles. The molecule has 0 aliphatic carbocycles. The molecule has 108 valence electrons. The minimum absolute atomic E-state index is 0.0268. The van der Waals surface area contributed by atoms with E-state index in [1.54, 1.807) is 23.1 Å². The summed E-state index contributed by atoms with van der Waals surface area (Å²) in [6.45, 7) is 5.09. The predicted molar refractivity (Wildman–Crippen MR) is 78.1 cm³/mol. The standard InChI is InChI=1S/C14H18ClN3O2/c1-9(2)18-7-6-17(13(19)14(18)20)8-10-11(15)4-3-5-12(10)16/h3-5,9H,6-8,16H2,1-2H3. The first-order chi connectivity index (χ1) is 9.41. The number of carbonyl (C=O) groups is 2. The van der Waals surface area contributed by atoms with E-state index < -0.39 is 11.8 Å². The van der Waals surface area contributed by atoms with E-state index >= 15 is 0 Å². The van der Waals surface area contributed by atoms with Crippen LogP contribution in [0.1, 0.15) is 19.4 Å². The molecule has 1 fully saturated rings. The van der Waals surface area contributed by atoms with Crippen molar-refractivity contribution in [1.29, 1.82) is 0 Å².